The molecular formula is C21H21ClN4OS. The lowest BCUT2D eigenvalue weighted by Crippen LogP contribution is -2.30. The summed E-state index contributed by atoms with van der Waals surface area (Å²) in [6.07, 6.45) is 3.84. The van der Waals surface area contributed by atoms with Crippen LogP contribution in [0.25, 0.3) is 0 Å². The van der Waals surface area contributed by atoms with Gasteiger partial charge < -0.3 is 19.9 Å². The number of pyridine rings is 1. The Morgan fingerprint density at radius 3 is 2.71 bits per heavy atom. The van der Waals surface area contributed by atoms with E-state index in [4.69, 9.17) is 23.8 Å². The number of phenolic OH excluding ortho intramolecular Hbond substituents is 1. The second-order valence-corrected chi connectivity index (χ2v) is 7.89. The van der Waals surface area contributed by atoms with E-state index in [0.29, 0.717) is 15.8 Å². The van der Waals surface area contributed by atoms with Crippen LogP contribution in [0.5, 0.6) is 5.75 Å². The number of phenols is 1. The van der Waals surface area contributed by atoms with E-state index in [0.717, 1.165) is 11.4 Å². The Balaban J connectivity index is 1.90. The van der Waals surface area contributed by atoms with E-state index < -0.39 is 0 Å². The molecule has 2 N–H and O–H groups in total. The lowest BCUT2D eigenvalue weighted by Gasteiger charge is -2.30. The van der Waals surface area contributed by atoms with E-state index in [9.17, 15) is 5.11 Å². The predicted molar refractivity (Wildman–Crippen MR) is 116 cm³/mol. The topological polar surface area (TPSA) is 53.3 Å². The van der Waals surface area contributed by atoms with E-state index >= 15 is 0 Å². The van der Waals surface area contributed by atoms with Gasteiger partial charge in [-0.15, -0.1) is 0 Å². The van der Waals surface area contributed by atoms with Crippen molar-refractivity contribution in [2.45, 2.75) is 32.0 Å². The van der Waals surface area contributed by atoms with Crippen molar-refractivity contribution in [3.8, 4) is 5.75 Å². The second-order valence-electron chi connectivity index (χ2n) is 7.06. The van der Waals surface area contributed by atoms with Crippen molar-refractivity contribution in [2.75, 3.05) is 4.90 Å². The third kappa shape index (κ3) is 3.23. The Kier molecular flexibility index (Phi) is 5.00. The van der Waals surface area contributed by atoms with Crippen LogP contribution >= 0.6 is 23.8 Å². The summed E-state index contributed by atoms with van der Waals surface area (Å²) in [6.45, 7) is 4.28. The average Bonchev–Trinajstić information content (AvgIpc) is 3.29. The third-order valence-electron chi connectivity index (χ3n) is 4.97. The molecule has 4 rings (SSSR count). The van der Waals surface area contributed by atoms with Gasteiger partial charge in [0.15, 0.2) is 5.11 Å². The lowest BCUT2D eigenvalue weighted by molar-refractivity contribution is 0.467. The number of hydrogen-bond acceptors (Lipinski definition) is 3. The molecule has 2 unspecified atom stereocenters. The predicted octanol–water partition coefficient (Wildman–Crippen LogP) is 5.00. The molecule has 3 heterocycles. The molecule has 5 nitrogen and oxygen atoms in total. The van der Waals surface area contributed by atoms with Crippen molar-refractivity contribution in [1.29, 1.82) is 0 Å². The fourth-order valence-corrected chi connectivity index (χ4v) is 4.24. The molecule has 1 fully saturated rings. The summed E-state index contributed by atoms with van der Waals surface area (Å²) in [4.78, 5) is 6.49. The molecule has 0 spiro atoms. The Bertz CT molecular complexity index is 1000. The molecule has 0 saturated carbocycles. The SMILES string of the molecule is CC(C)n1cccc1C1C(c2ccccn2)NC(=S)N1c1cc(Cl)ccc1O. The van der Waals surface area contributed by atoms with Gasteiger partial charge in [0.25, 0.3) is 0 Å². The summed E-state index contributed by atoms with van der Waals surface area (Å²) in [5.74, 6) is 0.128. The molecule has 1 aliphatic rings. The molecule has 7 heteroatoms. The van der Waals surface area contributed by atoms with Crippen LogP contribution < -0.4 is 10.2 Å². The molecule has 0 amide bonds. The summed E-state index contributed by atoms with van der Waals surface area (Å²) in [5.41, 5.74) is 2.54. The molecule has 0 bridgehead atoms. The van der Waals surface area contributed by atoms with Crippen LogP contribution in [-0.2, 0) is 0 Å². The molecule has 3 aromatic rings. The first kappa shape index (κ1) is 18.8. The van der Waals surface area contributed by atoms with Gasteiger partial charge in [-0.1, -0.05) is 17.7 Å². The fourth-order valence-electron chi connectivity index (χ4n) is 3.73. The Morgan fingerprint density at radius 2 is 2.00 bits per heavy atom. The monoisotopic (exact) mass is 412 g/mol. The Morgan fingerprint density at radius 1 is 1.18 bits per heavy atom. The summed E-state index contributed by atoms with van der Waals surface area (Å²) in [6, 6.07) is 14.9. The molecule has 0 radical (unpaired) electrons. The van der Waals surface area contributed by atoms with Gasteiger partial charge >= 0.3 is 0 Å². The van der Waals surface area contributed by atoms with E-state index in [1.165, 1.54) is 0 Å². The highest BCUT2D eigenvalue weighted by Crippen LogP contribution is 2.45. The number of anilines is 1. The van der Waals surface area contributed by atoms with Gasteiger partial charge in [-0.2, -0.15) is 0 Å². The maximum atomic E-state index is 10.6. The normalized spacial score (nSPS) is 19.3. The number of aromatic nitrogens is 2. The lowest BCUT2D eigenvalue weighted by atomic mass is 10.0. The summed E-state index contributed by atoms with van der Waals surface area (Å²) < 4.78 is 2.21. The highest BCUT2D eigenvalue weighted by atomic mass is 35.5. The van der Waals surface area contributed by atoms with Gasteiger partial charge in [-0.05, 0) is 68.5 Å². The zero-order valence-corrected chi connectivity index (χ0v) is 17.2. The zero-order chi connectivity index (χ0) is 19.8. The molecule has 144 valence electrons. The van der Waals surface area contributed by atoms with Gasteiger partial charge in [0.2, 0.25) is 0 Å². The third-order valence-corrected chi connectivity index (χ3v) is 5.52. The van der Waals surface area contributed by atoms with Gasteiger partial charge in [-0.25, -0.2) is 0 Å². The number of thiocarbonyl (C=S) groups is 1. The molecule has 1 saturated heterocycles. The minimum absolute atomic E-state index is 0.128. The van der Waals surface area contributed by atoms with Crippen LogP contribution in [0.15, 0.2) is 60.9 Å². The van der Waals surface area contributed by atoms with Crippen LogP contribution in [-0.4, -0.2) is 19.8 Å². The van der Waals surface area contributed by atoms with Crippen LogP contribution in [0, 0.1) is 0 Å². The Hall–Kier alpha value is -2.57. The molecule has 1 aromatic carbocycles. The van der Waals surface area contributed by atoms with E-state index in [2.05, 4.69) is 41.0 Å². The quantitative estimate of drug-likeness (QED) is 0.590. The van der Waals surface area contributed by atoms with E-state index in [1.54, 1.807) is 24.4 Å². The fraction of sp³-hybridized carbons (Fsp3) is 0.238. The number of benzene rings is 1. The number of aromatic hydroxyl groups is 1. The van der Waals surface area contributed by atoms with Crippen molar-refractivity contribution in [3.63, 3.8) is 0 Å². The minimum Gasteiger partial charge on any atom is -0.506 e. The summed E-state index contributed by atoms with van der Waals surface area (Å²) >= 11 is 11.9. The highest BCUT2D eigenvalue weighted by molar-refractivity contribution is 7.80. The van der Waals surface area contributed by atoms with Gasteiger partial charge in [0, 0.05) is 29.2 Å². The second kappa shape index (κ2) is 7.45. The molecule has 2 atom stereocenters. The van der Waals surface area contributed by atoms with Crippen LogP contribution in [0.4, 0.5) is 5.69 Å². The summed E-state index contributed by atoms with van der Waals surface area (Å²) in [5, 5.41) is 15.0. The maximum absolute atomic E-state index is 10.6. The number of rotatable bonds is 4. The number of nitrogens with one attached hydrogen (secondary N) is 1. The van der Waals surface area contributed by atoms with Crippen molar-refractivity contribution in [3.05, 3.63) is 77.3 Å². The van der Waals surface area contributed by atoms with Gasteiger partial charge in [0.05, 0.1) is 17.4 Å². The standard InChI is InChI=1S/C21H21ClN4OS/c1-13(2)25-11-5-7-16(25)20-19(15-6-3-4-10-23-15)24-21(28)26(20)17-12-14(22)8-9-18(17)27/h3-13,19-20,27H,1-2H3,(H,24,28). The van der Waals surface area contributed by atoms with Crippen molar-refractivity contribution >= 4 is 34.6 Å². The number of halogens is 1. The molecule has 2 aromatic heterocycles. The average molecular weight is 413 g/mol. The van der Waals surface area contributed by atoms with Crippen LogP contribution in [0.2, 0.25) is 5.02 Å². The minimum atomic E-state index is -0.191. The molecule has 1 aliphatic heterocycles. The molecule has 28 heavy (non-hydrogen) atoms. The Labute approximate surface area is 174 Å². The highest BCUT2D eigenvalue weighted by Gasteiger charge is 2.43. The smallest absolute Gasteiger partial charge is 0.174 e. The molecule has 0 aliphatic carbocycles. The number of hydrogen-bond donors (Lipinski definition) is 2. The van der Waals surface area contributed by atoms with Crippen molar-refractivity contribution in [1.82, 2.24) is 14.9 Å². The van der Waals surface area contributed by atoms with Crippen LogP contribution in [0.3, 0.4) is 0 Å². The van der Waals surface area contributed by atoms with Gasteiger partial charge in [0.1, 0.15) is 11.8 Å². The van der Waals surface area contributed by atoms with Gasteiger partial charge in [-0.3, -0.25) is 4.98 Å². The van der Waals surface area contributed by atoms with Crippen LogP contribution in [0.1, 0.15) is 43.4 Å². The maximum Gasteiger partial charge on any atom is 0.174 e. The van der Waals surface area contributed by atoms with E-state index in [-0.39, 0.29) is 23.9 Å². The first-order valence-corrected chi connectivity index (χ1v) is 9.92. The van der Waals surface area contributed by atoms with E-state index in [1.807, 2.05) is 29.2 Å². The van der Waals surface area contributed by atoms with Crippen molar-refractivity contribution < 1.29 is 5.11 Å². The first-order valence-electron chi connectivity index (χ1n) is 9.13. The largest absolute Gasteiger partial charge is 0.506 e. The molecular weight excluding hydrogens is 392 g/mol. The zero-order valence-electron chi connectivity index (χ0n) is 15.6. The number of nitrogens with zero attached hydrogens (tertiary/aromatic N) is 3. The summed E-state index contributed by atoms with van der Waals surface area (Å²) in [7, 11) is 0. The first-order chi connectivity index (χ1) is 13.5. The van der Waals surface area contributed by atoms with Crippen molar-refractivity contribution in [2.24, 2.45) is 0 Å².